The number of aliphatic carboxylic acids is 1. The normalized spacial score (nSPS) is 16.8. The lowest BCUT2D eigenvalue weighted by molar-refractivity contribution is -0.133. The van der Waals surface area contributed by atoms with Gasteiger partial charge < -0.3 is 19.9 Å². The number of carbonyl (C=O) groups is 2. The van der Waals surface area contributed by atoms with E-state index < -0.39 is 5.97 Å². The topological polar surface area (TPSA) is 97.8 Å². The van der Waals surface area contributed by atoms with Crippen molar-refractivity contribution in [2.45, 2.75) is 36.7 Å². The Balaban J connectivity index is 1.34. The molecule has 0 bridgehead atoms. The number of pyridine rings is 1. The fourth-order valence-corrected chi connectivity index (χ4v) is 5.28. The number of carboxylic acids is 1. The van der Waals surface area contributed by atoms with E-state index in [2.05, 4.69) is 5.32 Å². The quantitative estimate of drug-likeness (QED) is 0.535. The fourth-order valence-electron chi connectivity index (χ4n) is 4.29. The lowest BCUT2D eigenvalue weighted by Crippen LogP contribution is -2.40. The molecule has 0 radical (unpaired) electrons. The van der Waals surface area contributed by atoms with Crippen LogP contribution in [0.2, 0.25) is 0 Å². The number of aromatic nitrogens is 1. The van der Waals surface area contributed by atoms with Crippen LogP contribution >= 0.6 is 11.8 Å². The van der Waals surface area contributed by atoms with Gasteiger partial charge in [-0.3, -0.25) is 14.6 Å². The number of nitrogens with zero attached hydrogens (tertiary/aromatic N) is 1. The molecule has 1 unspecified atom stereocenters. The minimum absolute atomic E-state index is 0.000376. The number of aryl methyl sites for hydroxylation is 1. The minimum atomic E-state index is -0.845. The molecule has 33 heavy (non-hydrogen) atoms. The maximum Gasteiger partial charge on any atom is 0.313 e. The average molecular weight is 465 g/mol. The van der Waals surface area contributed by atoms with Crippen molar-refractivity contribution >= 4 is 34.5 Å². The van der Waals surface area contributed by atoms with Crippen molar-refractivity contribution in [2.24, 2.45) is 0 Å². The molecule has 1 aliphatic carbocycles. The van der Waals surface area contributed by atoms with Gasteiger partial charge in [0, 0.05) is 21.5 Å². The molecule has 1 aliphatic heterocycles. The monoisotopic (exact) mass is 464 g/mol. The Labute approximate surface area is 195 Å². The zero-order valence-electron chi connectivity index (χ0n) is 18.0. The maximum absolute atomic E-state index is 12.8. The summed E-state index contributed by atoms with van der Waals surface area (Å²) >= 11 is 1.34. The zero-order chi connectivity index (χ0) is 22.8. The number of ether oxygens (including phenoxy) is 2. The van der Waals surface area contributed by atoms with Crippen LogP contribution in [-0.4, -0.2) is 47.0 Å². The lowest BCUT2D eigenvalue weighted by Gasteiger charge is -2.26. The summed E-state index contributed by atoms with van der Waals surface area (Å²) in [6, 6.07) is 12.9. The van der Waals surface area contributed by atoms with E-state index in [9.17, 15) is 14.7 Å². The van der Waals surface area contributed by atoms with Gasteiger partial charge in [0.25, 0.3) is 5.91 Å². The summed E-state index contributed by atoms with van der Waals surface area (Å²) in [5.41, 5.74) is 3.41. The molecule has 170 valence electrons. The van der Waals surface area contributed by atoms with Crippen LogP contribution in [0.4, 0.5) is 0 Å². The molecule has 8 heteroatoms. The van der Waals surface area contributed by atoms with E-state index in [4.69, 9.17) is 14.5 Å². The Morgan fingerprint density at radius 2 is 1.94 bits per heavy atom. The molecule has 0 fully saturated rings. The molecule has 2 aliphatic rings. The van der Waals surface area contributed by atoms with Gasteiger partial charge in [-0.1, -0.05) is 18.2 Å². The molecule has 2 aromatic carbocycles. The summed E-state index contributed by atoms with van der Waals surface area (Å²) in [5, 5.41) is 13.0. The Morgan fingerprint density at radius 3 is 2.79 bits per heavy atom. The number of carbonyl (C=O) groups excluding carboxylic acids is 1. The summed E-state index contributed by atoms with van der Waals surface area (Å²) < 4.78 is 11.6. The summed E-state index contributed by atoms with van der Waals surface area (Å²) in [6.45, 7) is 0.690. The average Bonchev–Trinajstić information content (AvgIpc) is 2.84. The highest BCUT2D eigenvalue weighted by atomic mass is 32.2. The Morgan fingerprint density at radius 1 is 1.12 bits per heavy atom. The molecular weight excluding hydrogens is 440 g/mol. The number of fused-ring (bicyclic) bond motifs is 3. The molecule has 1 amide bonds. The van der Waals surface area contributed by atoms with Crippen LogP contribution in [-0.2, 0) is 17.6 Å². The highest BCUT2D eigenvalue weighted by Gasteiger charge is 2.23. The number of rotatable bonds is 6. The van der Waals surface area contributed by atoms with Crippen molar-refractivity contribution in [3.63, 3.8) is 0 Å². The predicted molar refractivity (Wildman–Crippen MR) is 125 cm³/mol. The van der Waals surface area contributed by atoms with Gasteiger partial charge in [-0.2, -0.15) is 0 Å². The third-order valence-corrected chi connectivity index (χ3v) is 7.02. The van der Waals surface area contributed by atoms with E-state index in [0.717, 1.165) is 52.7 Å². The number of thioether (sulfide) groups is 1. The molecule has 1 aromatic heterocycles. The number of nitrogens with one attached hydrogen (secondary N) is 1. The third-order valence-electron chi connectivity index (χ3n) is 5.87. The largest absolute Gasteiger partial charge is 0.486 e. The number of hydrogen-bond acceptors (Lipinski definition) is 6. The van der Waals surface area contributed by atoms with Gasteiger partial charge in [0.1, 0.15) is 12.7 Å². The van der Waals surface area contributed by atoms with E-state index in [1.54, 1.807) is 12.1 Å². The minimum Gasteiger partial charge on any atom is -0.486 e. The van der Waals surface area contributed by atoms with Gasteiger partial charge in [0.15, 0.2) is 11.5 Å². The summed E-state index contributed by atoms with van der Waals surface area (Å²) in [6.07, 6.45) is 3.67. The van der Waals surface area contributed by atoms with Gasteiger partial charge in [0.2, 0.25) is 0 Å². The summed E-state index contributed by atoms with van der Waals surface area (Å²) in [4.78, 5) is 29.8. The van der Waals surface area contributed by atoms with E-state index >= 15 is 0 Å². The van der Waals surface area contributed by atoms with Crippen LogP contribution in [0.5, 0.6) is 11.5 Å². The van der Waals surface area contributed by atoms with Crippen LogP contribution in [0, 0.1) is 0 Å². The van der Waals surface area contributed by atoms with E-state index in [1.165, 1.54) is 11.8 Å². The van der Waals surface area contributed by atoms with Crippen molar-refractivity contribution < 1.29 is 24.2 Å². The lowest BCUT2D eigenvalue weighted by atomic mass is 9.94. The van der Waals surface area contributed by atoms with Gasteiger partial charge in [-0.05, 0) is 55.5 Å². The molecule has 3 aromatic rings. The number of para-hydroxylation sites is 2. The second kappa shape index (κ2) is 9.31. The number of benzene rings is 2. The highest BCUT2D eigenvalue weighted by molar-refractivity contribution is 8.00. The summed E-state index contributed by atoms with van der Waals surface area (Å²) in [7, 11) is 0. The van der Waals surface area contributed by atoms with E-state index in [-0.39, 0.29) is 17.8 Å². The predicted octanol–water partition coefficient (Wildman–Crippen LogP) is 3.86. The Bertz CT molecular complexity index is 1230. The molecule has 0 saturated carbocycles. The zero-order valence-corrected chi connectivity index (χ0v) is 18.8. The van der Waals surface area contributed by atoms with Crippen LogP contribution in [0.1, 0.15) is 34.5 Å². The van der Waals surface area contributed by atoms with Crippen molar-refractivity contribution in [1.82, 2.24) is 10.3 Å². The van der Waals surface area contributed by atoms with Crippen LogP contribution in [0.25, 0.3) is 10.9 Å². The first-order valence-electron chi connectivity index (χ1n) is 11.1. The standard InChI is InChI=1S/C25H24N2O5S/c28-23(29)14-33-24-17-5-1-2-6-19(17)27-20-11-15(9-10-18(20)24)25(30)26-12-16-13-31-21-7-3-4-8-22(21)32-16/h3-4,7-11,16H,1-2,5-6,12-14H2,(H,26,30)(H,28,29). The smallest absolute Gasteiger partial charge is 0.313 e. The Kier molecular flexibility index (Phi) is 6.09. The molecule has 0 spiro atoms. The summed E-state index contributed by atoms with van der Waals surface area (Å²) in [5.74, 6) is 0.329. The van der Waals surface area contributed by atoms with Crippen molar-refractivity contribution in [3.8, 4) is 11.5 Å². The second-order valence-electron chi connectivity index (χ2n) is 8.20. The van der Waals surface area contributed by atoms with Crippen molar-refractivity contribution in [1.29, 1.82) is 0 Å². The Hall–Kier alpha value is -3.26. The van der Waals surface area contributed by atoms with E-state index in [1.807, 2.05) is 30.3 Å². The molecular formula is C25H24N2O5S. The first-order chi connectivity index (χ1) is 16.1. The van der Waals surface area contributed by atoms with Gasteiger partial charge in [0.05, 0.1) is 17.8 Å². The first-order valence-corrected chi connectivity index (χ1v) is 12.0. The van der Waals surface area contributed by atoms with Crippen LogP contribution in [0.15, 0.2) is 47.4 Å². The SMILES string of the molecule is O=C(O)CSc1c2c(nc3cc(C(=O)NCC4COc5ccccc5O4)ccc13)CCCC2. The van der Waals surface area contributed by atoms with Crippen molar-refractivity contribution in [2.75, 3.05) is 18.9 Å². The van der Waals surface area contributed by atoms with Gasteiger partial charge >= 0.3 is 5.97 Å². The van der Waals surface area contributed by atoms with E-state index in [0.29, 0.717) is 30.2 Å². The number of hydrogen-bond donors (Lipinski definition) is 2. The van der Waals surface area contributed by atoms with Crippen molar-refractivity contribution in [3.05, 3.63) is 59.3 Å². The number of amides is 1. The maximum atomic E-state index is 12.8. The third kappa shape index (κ3) is 4.61. The molecule has 1 atom stereocenters. The number of carboxylic acid groups (broad SMARTS) is 1. The first kappa shape index (κ1) is 21.6. The highest BCUT2D eigenvalue weighted by Crippen LogP contribution is 2.36. The second-order valence-corrected chi connectivity index (χ2v) is 9.18. The molecule has 7 nitrogen and oxygen atoms in total. The molecule has 2 N–H and O–H groups in total. The van der Waals surface area contributed by atoms with Crippen LogP contribution in [0.3, 0.4) is 0 Å². The molecule has 5 rings (SSSR count). The van der Waals surface area contributed by atoms with Gasteiger partial charge in [-0.15, -0.1) is 11.8 Å². The van der Waals surface area contributed by atoms with Gasteiger partial charge in [-0.25, -0.2) is 0 Å². The molecule has 0 saturated heterocycles. The van der Waals surface area contributed by atoms with Crippen LogP contribution < -0.4 is 14.8 Å². The molecule has 2 heterocycles. The fraction of sp³-hybridized carbons (Fsp3) is 0.320.